The molecule has 3 heterocycles. The van der Waals surface area contributed by atoms with Crippen molar-refractivity contribution in [2.45, 2.75) is 60.3 Å². The highest BCUT2D eigenvalue weighted by atomic mass is 35.5. The van der Waals surface area contributed by atoms with Gasteiger partial charge in [-0.15, -0.1) is 0 Å². The molecule has 0 unspecified atom stereocenters. The molecule has 0 N–H and O–H groups in total. The van der Waals surface area contributed by atoms with Crippen LogP contribution in [0.1, 0.15) is 56.4 Å². The average molecular weight is 419 g/mol. The SMILES string of the molecule is Cc1ccc(CCc2nc(CCc3nc(C)c(Cl)cc3C)c(C#N)cc2C)nc1C. The molecule has 30 heavy (non-hydrogen) atoms. The Morgan fingerprint density at radius 1 is 0.733 bits per heavy atom. The molecule has 0 aliphatic heterocycles. The van der Waals surface area contributed by atoms with E-state index in [-0.39, 0.29) is 0 Å². The molecule has 0 saturated heterocycles. The van der Waals surface area contributed by atoms with E-state index >= 15 is 0 Å². The number of hydrogen-bond donors (Lipinski definition) is 0. The van der Waals surface area contributed by atoms with Crippen LogP contribution in [0.5, 0.6) is 0 Å². The summed E-state index contributed by atoms with van der Waals surface area (Å²) in [4.78, 5) is 14.2. The minimum Gasteiger partial charge on any atom is -0.258 e. The van der Waals surface area contributed by atoms with E-state index in [0.29, 0.717) is 17.0 Å². The van der Waals surface area contributed by atoms with Gasteiger partial charge in [-0.3, -0.25) is 15.0 Å². The van der Waals surface area contributed by atoms with E-state index < -0.39 is 0 Å². The van der Waals surface area contributed by atoms with E-state index in [2.05, 4.69) is 35.1 Å². The van der Waals surface area contributed by atoms with Crippen LogP contribution in [-0.2, 0) is 25.7 Å². The van der Waals surface area contributed by atoms with Crippen molar-refractivity contribution in [2.75, 3.05) is 0 Å². The minimum atomic E-state index is 0.642. The van der Waals surface area contributed by atoms with Gasteiger partial charge in [0.15, 0.2) is 0 Å². The second kappa shape index (κ2) is 9.36. The lowest BCUT2D eigenvalue weighted by Crippen LogP contribution is -2.07. The van der Waals surface area contributed by atoms with Crippen molar-refractivity contribution >= 4 is 11.6 Å². The zero-order chi connectivity index (χ0) is 21.8. The van der Waals surface area contributed by atoms with E-state index in [0.717, 1.165) is 64.6 Å². The fourth-order valence-corrected chi connectivity index (χ4v) is 3.72. The molecule has 154 valence electrons. The molecule has 3 rings (SSSR count). The molecule has 5 heteroatoms. The Hall–Kier alpha value is -2.77. The van der Waals surface area contributed by atoms with Crippen molar-refractivity contribution in [3.63, 3.8) is 0 Å². The normalized spacial score (nSPS) is 10.8. The average Bonchev–Trinajstić information content (AvgIpc) is 2.71. The predicted molar refractivity (Wildman–Crippen MR) is 121 cm³/mol. The summed E-state index contributed by atoms with van der Waals surface area (Å²) in [5, 5.41) is 10.3. The van der Waals surface area contributed by atoms with Crippen LogP contribution < -0.4 is 0 Å². The monoisotopic (exact) mass is 418 g/mol. The number of aryl methyl sites for hydroxylation is 9. The van der Waals surface area contributed by atoms with Gasteiger partial charge in [0.1, 0.15) is 6.07 Å². The summed E-state index contributed by atoms with van der Waals surface area (Å²) >= 11 is 6.17. The number of hydrogen-bond acceptors (Lipinski definition) is 4. The smallest absolute Gasteiger partial charge is 0.101 e. The molecule has 0 spiro atoms. The zero-order valence-electron chi connectivity index (χ0n) is 18.3. The van der Waals surface area contributed by atoms with Gasteiger partial charge in [0.2, 0.25) is 0 Å². The standard InChI is InChI=1S/C25H27ClN4/c1-15-6-7-21(28-18(15)4)8-9-24-16(2)12-20(14-27)25(30-24)11-10-23-17(3)13-22(26)19(5)29-23/h6-7,12-13H,8-11H2,1-5H3. The van der Waals surface area contributed by atoms with Crippen LogP contribution in [0, 0.1) is 45.9 Å². The molecule has 0 aromatic carbocycles. The number of aromatic nitrogens is 3. The maximum atomic E-state index is 9.60. The number of halogens is 1. The lowest BCUT2D eigenvalue weighted by Gasteiger charge is -2.12. The first-order valence-electron chi connectivity index (χ1n) is 10.2. The molecule has 0 amide bonds. The molecule has 0 aliphatic carbocycles. The molecule has 0 radical (unpaired) electrons. The van der Waals surface area contributed by atoms with Crippen molar-refractivity contribution in [3.05, 3.63) is 85.7 Å². The number of nitrogens with zero attached hydrogens (tertiary/aromatic N) is 4. The summed E-state index contributed by atoms with van der Waals surface area (Å²) in [6, 6.07) is 10.4. The van der Waals surface area contributed by atoms with Gasteiger partial charge in [-0.25, -0.2) is 0 Å². The number of nitriles is 1. The fourth-order valence-electron chi connectivity index (χ4n) is 3.51. The summed E-state index contributed by atoms with van der Waals surface area (Å²) in [6.45, 7) is 10.1. The van der Waals surface area contributed by atoms with Crippen molar-refractivity contribution in [1.29, 1.82) is 5.26 Å². The van der Waals surface area contributed by atoms with Crippen LogP contribution >= 0.6 is 11.6 Å². The van der Waals surface area contributed by atoms with Crippen LogP contribution in [0.25, 0.3) is 0 Å². The van der Waals surface area contributed by atoms with Crippen molar-refractivity contribution < 1.29 is 0 Å². The Kier molecular flexibility index (Phi) is 6.84. The molecule has 3 aromatic rings. The lowest BCUT2D eigenvalue weighted by molar-refractivity contribution is 0.813. The number of pyridine rings is 3. The molecular weight excluding hydrogens is 392 g/mol. The van der Waals surface area contributed by atoms with Crippen molar-refractivity contribution in [2.24, 2.45) is 0 Å². The zero-order valence-corrected chi connectivity index (χ0v) is 19.1. The largest absolute Gasteiger partial charge is 0.258 e. The molecule has 0 fully saturated rings. The van der Waals surface area contributed by atoms with Gasteiger partial charge in [0.05, 0.1) is 22.0 Å². The van der Waals surface area contributed by atoms with Crippen LogP contribution in [0.15, 0.2) is 24.3 Å². The molecule has 0 bridgehead atoms. The van der Waals surface area contributed by atoms with Gasteiger partial charge >= 0.3 is 0 Å². The Morgan fingerprint density at radius 3 is 2.07 bits per heavy atom. The quantitative estimate of drug-likeness (QED) is 0.529. The summed E-state index contributed by atoms with van der Waals surface area (Å²) < 4.78 is 0. The lowest BCUT2D eigenvalue weighted by atomic mass is 10.0. The Morgan fingerprint density at radius 2 is 1.37 bits per heavy atom. The van der Waals surface area contributed by atoms with E-state index in [1.165, 1.54) is 5.56 Å². The second-order valence-electron chi connectivity index (χ2n) is 7.88. The predicted octanol–water partition coefficient (Wildman–Crippen LogP) is 5.51. The molecule has 3 aromatic heterocycles. The topological polar surface area (TPSA) is 62.5 Å². The van der Waals surface area contributed by atoms with E-state index in [1.807, 2.05) is 39.8 Å². The van der Waals surface area contributed by atoms with Crippen LogP contribution in [0.3, 0.4) is 0 Å². The third-order valence-electron chi connectivity index (χ3n) is 5.59. The highest BCUT2D eigenvalue weighted by Gasteiger charge is 2.12. The van der Waals surface area contributed by atoms with Crippen LogP contribution in [-0.4, -0.2) is 15.0 Å². The molecule has 0 atom stereocenters. The van der Waals surface area contributed by atoms with Gasteiger partial charge in [0, 0.05) is 22.8 Å². The Labute approximate surface area is 184 Å². The third-order valence-corrected chi connectivity index (χ3v) is 5.97. The number of rotatable bonds is 6. The van der Waals surface area contributed by atoms with Gasteiger partial charge in [-0.2, -0.15) is 5.26 Å². The summed E-state index contributed by atoms with van der Waals surface area (Å²) in [5.41, 5.74) is 9.80. The van der Waals surface area contributed by atoms with E-state index in [4.69, 9.17) is 16.6 Å². The molecular formula is C25H27ClN4. The summed E-state index contributed by atoms with van der Waals surface area (Å²) in [6.07, 6.45) is 3.04. The van der Waals surface area contributed by atoms with Gasteiger partial charge in [-0.1, -0.05) is 17.7 Å². The van der Waals surface area contributed by atoms with Crippen LogP contribution in [0.2, 0.25) is 5.02 Å². The first-order chi connectivity index (χ1) is 14.3. The van der Waals surface area contributed by atoms with Crippen LogP contribution in [0.4, 0.5) is 0 Å². The minimum absolute atomic E-state index is 0.642. The van der Waals surface area contributed by atoms with Gasteiger partial charge in [-0.05, 0) is 95.2 Å². The highest BCUT2D eigenvalue weighted by Crippen LogP contribution is 2.20. The molecule has 0 aliphatic rings. The molecule has 0 saturated carbocycles. The highest BCUT2D eigenvalue weighted by molar-refractivity contribution is 6.31. The molecule has 4 nitrogen and oxygen atoms in total. The Bertz CT molecular complexity index is 1130. The van der Waals surface area contributed by atoms with E-state index in [1.54, 1.807) is 0 Å². The van der Waals surface area contributed by atoms with Gasteiger partial charge < -0.3 is 0 Å². The third kappa shape index (κ3) is 5.04. The summed E-state index contributed by atoms with van der Waals surface area (Å²) in [7, 11) is 0. The first kappa shape index (κ1) is 21.9. The summed E-state index contributed by atoms with van der Waals surface area (Å²) in [5.74, 6) is 0. The van der Waals surface area contributed by atoms with Gasteiger partial charge in [0.25, 0.3) is 0 Å². The van der Waals surface area contributed by atoms with Crippen molar-refractivity contribution in [1.82, 2.24) is 15.0 Å². The second-order valence-corrected chi connectivity index (χ2v) is 8.29. The first-order valence-corrected chi connectivity index (χ1v) is 10.6. The fraction of sp³-hybridized carbons (Fsp3) is 0.360. The maximum absolute atomic E-state index is 9.60. The Balaban J connectivity index is 1.80. The van der Waals surface area contributed by atoms with Crippen molar-refractivity contribution in [3.8, 4) is 6.07 Å². The maximum Gasteiger partial charge on any atom is 0.101 e. The van der Waals surface area contributed by atoms with E-state index in [9.17, 15) is 5.26 Å².